The van der Waals surface area contributed by atoms with Crippen molar-refractivity contribution in [3.05, 3.63) is 67.4 Å². The van der Waals surface area contributed by atoms with E-state index in [1.807, 2.05) is 0 Å². The standard InChI is InChI=1S/C21H19ClN4O5/c1-25-18-17(12(20(29)31-2)9-15(24-18)11-7-8-11)19(28)26(21(25)30)10-16(27)23-14-6-4-3-5-13(14)22/h3-6,9,11H,7-8,10H2,1-2H3,(H,23,27). The van der Waals surface area contributed by atoms with E-state index in [1.54, 1.807) is 24.3 Å². The van der Waals surface area contributed by atoms with Gasteiger partial charge >= 0.3 is 11.7 Å². The molecule has 0 unspecified atom stereocenters. The molecule has 1 fully saturated rings. The van der Waals surface area contributed by atoms with Gasteiger partial charge in [-0.25, -0.2) is 14.6 Å². The molecule has 0 saturated heterocycles. The third-order valence-corrected chi connectivity index (χ3v) is 5.49. The zero-order valence-electron chi connectivity index (χ0n) is 16.8. The van der Waals surface area contributed by atoms with Crippen LogP contribution in [0.4, 0.5) is 5.69 Å². The molecule has 0 bridgehead atoms. The number of carbonyl (C=O) groups is 2. The number of hydrogen-bond donors (Lipinski definition) is 1. The van der Waals surface area contributed by atoms with Gasteiger partial charge in [0.05, 0.1) is 28.8 Å². The first kappa shape index (κ1) is 20.8. The summed E-state index contributed by atoms with van der Waals surface area (Å²) in [5, 5.41) is 2.83. The maximum atomic E-state index is 13.2. The molecule has 4 rings (SSSR count). The lowest BCUT2D eigenvalue weighted by molar-refractivity contribution is -0.116. The van der Waals surface area contributed by atoms with Gasteiger partial charge in [0.1, 0.15) is 12.2 Å². The topological polar surface area (TPSA) is 112 Å². The van der Waals surface area contributed by atoms with Gasteiger partial charge in [-0.1, -0.05) is 23.7 Å². The molecule has 0 atom stereocenters. The van der Waals surface area contributed by atoms with Crippen molar-refractivity contribution in [1.82, 2.24) is 14.1 Å². The number of aryl methyl sites for hydroxylation is 1. The maximum Gasteiger partial charge on any atom is 0.338 e. The number of benzene rings is 1. The molecule has 2 heterocycles. The Kier molecular flexibility index (Phi) is 5.36. The second-order valence-corrected chi connectivity index (χ2v) is 7.73. The van der Waals surface area contributed by atoms with Crippen LogP contribution in [-0.4, -0.2) is 33.1 Å². The Morgan fingerprint density at radius 1 is 1.26 bits per heavy atom. The van der Waals surface area contributed by atoms with E-state index in [0.717, 1.165) is 22.0 Å². The van der Waals surface area contributed by atoms with Crippen LogP contribution in [0, 0.1) is 0 Å². The summed E-state index contributed by atoms with van der Waals surface area (Å²) in [6.45, 7) is -0.558. The number of aromatic nitrogens is 3. The molecule has 1 N–H and O–H groups in total. The molecule has 31 heavy (non-hydrogen) atoms. The summed E-state index contributed by atoms with van der Waals surface area (Å²) in [5.74, 6) is -1.14. The van der Waals surface area contributed by atoms with E-state index < -0.39 is 29.7 Å². The summed E-state index contributed by atoms with van der Waals surface area (Å²) in [6, 6.07) is 8.13. The van der Waals surface area contributed by atoms with Crippen LogP contribution in [0.1, 0.15) is 34.8 Å². The van der Waals surface area contributed by atoms with Gasteiger partial charge in [0, 0.05) is 18.7 Å². The molecule has 1 saturated carbocycles. The number of ether oxygens (including phenoxy) is 1. The first-order chi connectivity index (χ1) is 14.8. The highest BCUT2D eigenvalue weighted by Gasteiger charge is 2.29. The zero-order valence-corrected chi connectivity index (χ0v) is 17.6. The summed E-state index contributed by atoms with van der Waals surface area (Å²) in [5.41, 5.74) is -0.411. The van der Waals surface area contributed by atoms with Crippen molar-refractivity contribution in [1.29, 1.82) is 0 Å². The minimum absolute atomic E-state index is 0.0234. The summed E-state index contributed by atoms with van der Waals surface area (Å²) in [4.78, 5) is 55.5. The Labute approximate surface area is 181 Å². The minimum Gasteiger partial charge on any atom is -0.465 e. The third kappa shape index (κ3) is 3.84. The minimum atomic E-state index is -0.789. The van der Waals surface area contributed by atoms with Crippen LogP contribution in [0.25, 0.3) is 11.0 Å². The fraction of sp³-hybridized carbons (Fsp3) is 0.286. The highest BCUT2D eigenvalue weighted by Crippen LogP contribution is 2.39. The number of rotatable bonds is 5. The van der Waals surface area contributed by atoms with Crippen molar-refractivity contribution in [3.63, 3.8) is 0 Å². The average molecular weight is 443 g/mol. The summed E-state index contributed by atoms with van der Waals surface area (Å²) in [7, 11) is 2.65. The molecule has 1 aliphatic carbocycles. The number of nitrogens with zero attached hydrogens (tertiary/aromatic N) is 3. The zero-order chi connectivity index (χ0) is 22.3. The van der Waals surface area contributed by atoms with E-state index in [-0.39, 0.29) is 22.5 Å². The number of methoxy groups -OCH3 is 1. The number of pyridine rings is 1. The Morgan fingerprint density at radius 2 is 1.97 bits per heavy atom. The number of halogens is 1. The number of esters is 1. The normalized spacial score (nSPS) is 13.3. The summed E-state index contributed by atoms with van der Waals surface area (Å²) < 4.78 is 6.77. The molecule has 0 spiro atoms. The van der Waals surface area contributed by atoms with Crippen LogP contribution in [0.15, 0.2) is 39.9 Å². The van der Waals surface area contributed by atoms with Crippen molar-refractivity contribution < 1.29 is 14.3 Å². The number of hydrogen-bond acceptors (Lipinski definition) is 6. The van der Waals surface area contributed by atoms with Crippen molar-refractivity contribution in [2.45, 2.75) is 25.3 Å². The van der Waals surface area contributed by atoms with Crippen LogP contribution in [-0.2, 0) is 23.1 Å². The average Bonchev–Trinajstić information content (AvgIpc) is 3.61. The van der Waals surface area contributed by atoms with Crippen molar-refractivity contribution >= 4 is 40.2 Å². The largest absolute Gasteiger partial charge is 0.465 e. The van der Waals surface area contributed by atoms with Crippen LogP contribution in [0.5, 0.6) is 0 Å². The lowest BCUT2D eigenvalue weighted by Gasteiger charge is -2.14. The second kappa shape index (κ2) is 7.99. The quantitative estimate of drug-likeness (QED) is 0.605. The molecule has 1 aromatic carbocycles. The van der Waals surface area contributed by atoms with Gasteiger partial charge in [-0.15, -0.1) is 0 Å². The molecule has 1 aliphatic rings. The molecular formula is C21H19ClN4O5. The van der Waals surface area contributed by atoms with Gasteiger partial charge in [-0.05, 0) is 31.0 Å². The SMILES string of the molecule is COC(=O)c1cc(C2CC2)nc2c1c(=O)n(CC(=O)Nc1ccccc1Cl)c(=O)n2C. The number of fused-ring (bicyclic) bond motifs is 1. The van der Waals surface area contributed by atoms with E-state index in [1.165, 1.54) is 20.2 Å². The molecule has 10 heteroatoms. The molecule has 9 nitrogen and oxygen atoms in total. The predicted molar refractivity (Wildman–Crippen MR) is 115 cm³/mol. The number of carbonyl (C=O) groups excluding carboxylic acids is 2. The fourth-order valence-corrected chi connectivity index (χ4v) is 3.58. The highest BCUT2D eigenvalue weighted by atomic mass is 35.5. The van der Waals surface area contributed by atoms with E-state index in [9.17, 15) is 19.2 Å². The number of amides is 1. The van der Waals surface area contributed by atoms with Gasteiger partial charge < -0.3 is 10.1 Å². The Bertz CT molecular complexity index is 1340. The maximum absolute atomic E-state index is 13.2. The third-order valence-electron chi connectivity index (χ3n) is 5.17. The van der Waals surface area contributed by atoms with Crippen LogP contribution in [0.3, 0.4) is 0 Å². The highest BCUT2D eigenvalue weighted by molar-refractivity contribution is 6.33. The van der Waals surface area contributed by atoms with Crippen molar-refractivity contribution in [3.8, 4) is 0 Å². The van der Waals surface area contributed by atoms with Crippen molar-refractivity contribution in [2.24, 2.45) is 7.05 Å². The first-order valence-corrected chi connectivity index (χ1v) is 9.96. The van der Waals surface area contributed by atoms with Crippen LogP contribution < -0.4 is 16.6 Å². The molecular weight excluding hydrogens is 424 g/mol. The molecule has 160 valence electrons. The second-order valence-electron chi connectivity index (χ2n) is 7.32. The Morgan fingerprint density at radius 3 is 2.61 bits per heavy atom. The lowest BCUT2D eigenvalue weighted by Crippen LogP contribution is -2.42. The predicted octanol–water partition coefficient (Wildman–Crippen LogP) is 2.05. The van der Waals surface area contributed by atoms with Gasteiger partial charge in [-0.2, -0.15) is 0 Å². The number of para-hydroxylation sites is 1. The molecule has 0 radical (unpaired) electrons. The van der Waals surface area contributed by atoms with Crippen molar-refractivity contribution in [2.75, 3.05) is 12.4 Å². The molecule has 2 aromatic heterocycles. The van der Waals surface area contributed by atoms with Gasteiger partial charge in [0.25, 0.3) is 5.56 Å². The fourth-order valence-electron chi connectivity index (χ4n) is 3.39. The van der Waals surface area contributed by atoms with Gasteiger partial charge in [0.2, 0.25) is 5.91 Å². The van der Waals surface area contributed by atoms with E-state index in [2.05, 4.69) is 10.3 Å². The number of anilines is 1. The number of nitrogens with one attached hydrogen (secondary N) is 1. The van der Waals surface area contributed by atoms with E-state index in [4.69, 9.17) is 16.3 Å². The van der Waals surface area contributed by atoms with Gasteiger partial charge in [0.15, 0.2) is 0 Å². The van der Waals surface area contributed by atoms with Gasteiger partial charge in [-0.3, -0.25) is 18.7 Å². The van der Waals surface area contributed by atoms with E-state index in [0.29, 0.717) is 16.4 Å². The van der Waals surface area contributed by atoms with Crippen LogP contribution in [0.2, 0.25) is 5.02 Å². The Balaban J connectivity index is 1.83. The smallest absolute Gasteiger partial charge is 0.338 e. The first-order valence-electron chi connectivity index (χ1n) is 9.59. The lowest BCUT2D eigenvalue weighted by atomic mass is 10.1. The van der Waals surface area contributed by atoms with Crippen LogP contribution >= 0.6 is 11.6 Å². The molecule has 1 amide bonds. The monoisotopic (exact) mass is 442 g/mol. The molecule has 3 aromatic rings. The van der Waals surface area contributed by atoms with E-state index >= 15 is 0 Å². The summed E-state index contributed by atoms with van der Waals surface area (Å²) >= 11 is 6.05. The Hall–Kier alpha value is -3.46. The molecule has 0 aliphatic heterocycles. The summed E-state index contributed by atoms with van der Waals surface area (Å²) in [6.07, 6.45) is 1.85.